The summed E-state index contributed by atoms with van der Waals surface area (Å²) < 4.78 is 17.8. The first kappa shape index (κ1) is 33.8. The van der Waals surface area contributed by atoms with Crippen LogP contribution in [-0.2, 0) is 10.8 Å². The largest absolute Gasteiger partial charge is 0.453 e. The lowest BCUT2D eigenvalue weighted by Gasteiger charge is -2.23. The zero-order valence-electron chi connectivity index (χ0n) is 32.2. The average molecular weight is 710 g/mol. The molecule has 9 rings (SSSR count). The number of hydrogen-bond donors (Lipinski definition) is 0. The quantitative estimate of drug-likeness (QED) is 0.167. The summed E-state index contributed by atoms with van der Waals surface area (Å²) in [6.07, 6.45) is 6.00. The van der Waals surface area contributed by atoms with Crippen LogP contribution in [0.15, 0.2) is 131 Å². The van der Waals surface area contributed by atoms with Gasteiger partial charge in [0.25, 0.3) is 0 Å². The van der Waals surface area contributed by atoms with E-state index in [-0.39, 0.29) is 16.9 Å². The SMILES string of the molecule is Cc1cc(C(C)(C)C)cc(C)c1C1C=CN=[N+]1c1cc(Oc2ccc3c4ccccc4n(-c4cc(C(C)(C)C)ccn4)c3c2)c2oc3ccccc3c2c1. The Morgan fingerprint density at radius 1 is 0.685 bits per heavy atom. The summed E-state index contributed by atoms with van der Waals surface area (Å²) in [5, 5.41) is 9.24. The Labute approximate surface area is 316 Å². The van der Waals surface area contributed by atoms with Crippen LogP contribution < -0.4 is 4.74 Å². The summed E-state index contributed by atoms with van der Waals surface area (Å²) in [5.41, 5.74) is 11.0. The van der Waals surface area contributed by atoms with E-state index in [2.05, 4.69) is 150 Å². The van der Waals surface area contributed by atoms with Crippen molar-refractivity contribution in [3.05, 3.63) is 149 Å². The number of ether oxygens (including phenoxy) is 1. The summed E-state index contributed by atoms with van der Waals surface area (Å²) in [4.78, 5) is 4.88. The third kappa shape index (κ3) is 5.59. The van der Waals surface area contributed by atoms with Crippen molar-refractivity contribution in [3.8, 4) is 17.3 Å². The summed E-state index contributed by atoms with van der Waals surface area (Å²) in [7, 11) is 0. The van der Waals surface area contributed by atoms with Crippen molar-refractivity contribution < 1.29 is 13.9 Å². The van der Waals surface area contributed by atoms with Crippen LogP contribution in [0.25, 0.3) is 49.6 Å². The molecule has 5 aromatic carbocycles. The van der Waals surface area contributed by atoms with E-state index in [0.717, 1.165) is 44.3 Å². The van der Waals surface area contributed by atoms with Gasteiger partial charge in [-0.05, 0) is 88.4 Å². The maximum atomic E-state index is 6.92. The molecule has 0 N–H and O–H groups in total. The molecule has 54 heavy (non-hydrogen) atoms. The number of fused-ring (bicyclic) bond motifs is 6. The van der Waals surface area contributed by atoms with Crippen molar-refractivity contribution in [1.29, 1.82) is 0 Å². The lowest BCUT2D eigenvalue weighted by molar-refractivity contribution is -0.536. The van der Waals surface area contributed by atoms with Crippen LogP contribution in [0.5, 0.6) is 11.5 Å². The lowest BCUT2D eigenvalue weighted by Crippen LogP contribution is -2.15. The average Bonchev–Trinajstić information content (AvgIpc) is 3.85. The summed E-state index contributed by atoms with van der Waals surface area (Å²) >= 11 is 0. The molecule has 1 aliphatic heterocycles. The molecule has 6 nitrogen and oxygen atoms in total. The molecule has 1 aliphatic rings. The molecule has 0 saturated carbocycles. The number of rotatable bonds is 5. The predicted octanol–water partition coefficient (Wildman–Crippen LogP) is 13.4. The number of furan rings is 1. The number of aromatic nitrogens is 2. The Kier molecular flexibility index (Phi) is 7.68. The second kappa shape index (κ2) is 12.3. The maximum absolute atomic E-state index is 6.92. The molecule has 0 fully saturated rings. The predicted molar refractivity (Wildman–Crippen MR) is 220 cm³/mol. The summed E-state index contributed by atoms with van der Waals surface area (Å²) in [5.74, 6) is 2.21. The van der Waals surface area contributed by atoms with Crippen LogP contribution in [0.4, 0.5) is 5.69 Å². The lowest BCUT2D eigenvalue weighted by atomic mass is 9.82. The van der Waals surface area contributed by atoms with Crippen molar-refractivity contribution >= 4 is 49.4 Å². The highest BCUT2D eigenvalue weighted by Crippen LogP contribution is 2.44. The van der Waals surface area contributed by atoms with E-state index >= 15 is 0 Å². The molecule has 0 aliphatic carbocycles. The van der Waals surface area contributed by atoms with Gasteiger partial charge in [0.05, 0.1) is 23.3 Å². The standard InChI is InChI=1S/C48H45N4O2/c1-29-23-32(48(6,7)8)24-30(2)45(29)40-20-22-50-52(40)33-26-38-37-14-10-12-16-42(37)54-46(38)43(27-33)53-34-17-18-36-35-13-9-11-15-39(35)51(41(36)28-34)44-25-31(19-21-49-44)47(3,4)5/h9-28,40H,1-8H3/q+1. The van der Waals surface area contributed by atoms with Crippen molar-refractivity contribution in [2.24, 2.45) is 5.11 Å². The second-order valence-corrected chi connectivity index (χ2v) is 16.7. The smallest absolute Gasteiger partial charge is 0.237 e. The van der Waals surface area contributed by atoms with Crippen molar-refractivity contribution in [2.75, 3.05) is 0 Å². The number of nitrogens with zero attached hydrogens (tertiary/aromatic N) is 4. The molecule has 8 aromatic rings. The number of pyridine rings is 1. The van der Waals surface area contributed by atoms with Gasteiger partial charge in [-0.1, -0.05) is 94.8 Å². The molecule has 4 heterocycles. The van der Waals surface area contributed by atoms with E-state index in [0.29, 0.717) is 17.1 Å². The highest BCUT2D eigenvalue weighted by atomic mass is 16.5. The number of azo groups is 2. The molecular formula is C48H45N4O2+. The first-order valence-corrected chi connectivity index (χ1v) is 18.8. The van der Waals surface area contributed by atoms with Gasteiger partial charge in [0.1, 0.15) is 17.2 Å². The van der Waals surface area contributed by atoms with Gasteiger partial charge in [-0.2, -0.15) is 0 Å². The first-order valence-electron chi connectivity index (χ1n) is 18.8. The Morgan fingerprint density at radius 2 is 1.39 bits per heavy atom. The minimum atomic E-state index is -0.0640. The van der Waals surface area contributed by atoms with Gasteiger partial charge in [0.15, 0.2) is 11.3 Å². The van der Waals surface area contributed by atoms with Crippen LogP contribution in [-0.4, -0.2) is 14.2 Å². The van der Waals surface area contributed by atoms with E-state index in [1.165, 1.54) is 33.2 Å². The number of para-hydroxylation sites is 2. The van der Waals surface area contributed by atoms with Gasteiger partial charge in [-0.25, -0.2) is 4.98 Å². The Balaban J connectivity index is 1.19. The molecule has 6 heteroatoms. The fraction of sp³-hybridized carbons (Fsp3) is 0.229. The van der Waals surface area contributed by atoms with Crippen LogP contribution >= 0.6 is 0 Å². The van der Waals surface area contributed by atoms with Crippen LogP contribution in [0, 0.1) is 13.8 Å². The third-order valence-electron chi connectivity index (χ3n) is 10.9. The first-order chi connectivity index (χ1) is 25.8. The second-order valence-electron chi connectivity index (χ2n) is 16.7. The molecular weight excluding hydrogens is 665 g/mol. The van der Waals surface area contributed by atoms with Crippen molar-refractivity contribution in [3.63, 3.8) is 0 Å². The van der Waals surface area contributed by atoms with E-state index in [4.69, 9.17) is 19.3 Å². The minimum absolute atomic E-state index is 0.0167. The zero-order valence-corrected chi connectivity index (χ0v) is 32.2. The molecule has 0 saturated heterocycles. The van der Waals surface area contributed by atoms with E-state index < -0.39 is 0 Å². The highest BCUT2D eigenvalue weighted by Gasteiger charge is 2.34. The Hall–Kier alpha value is -6.01. The van der Waals surface area contributed by atoms with E-state index in [1.807, 2.05) is 36.7 Å². The van der Waals surface area contributed by atoms with Crippen LogP contribution in [0.3, 0.4) is 0 Å². The molecule has 0 amide bonds. The highest BCUT2D eigenvalue weighted by molar-refractivity contribution is 6.10. The molecule has 0 radical (unpaired) electrons. The topological polar surface area (TPSA) is 55.6 Å². The fourth-order valence-corrected chi connectivity index (χ4v) is 8.05. The molecule has 268 valence electrons. The monoisotopic (exact) mass is 709 g/mol. The van der Waals surface area contributed by atoms with Gasteiger partial charge in [0, 0.05) is 51.5 Å². The van der Waals surface area contributed by atoms with Crippen LogP contribution in [0.2, 0.25) is 0 Å². The normalized spacial score (nSPS) is 14.9. The minimum Gasteiger partial charge on any atom is -0.453 e. The van der Waals surface area contributed by atoms with Gasteiger partial charge >= 0.3 is 0 Å². The number of aryl methyl sites for hydroxylation is 2. The fourth-order valence-electron chi connectivity index (χ4n) is 8.05. The Morgan fingerprint density at radius 3 is 2.15 bits per heavy atom. The Bertz CT molecular complexity index is 2830. The van der Waals surface area contributed by atoms with Gasteiger partial charge in [0.2, 0.25) is 11.7 Å². The molecule has 1 atom stereocenters. The van der Waals surface area contributed by atoms with Crippen LogP contribution in [0.1, 0.15) is 75.4 Å². The molecule has 0 spiro atoms. The number of benzene rings is 5. The van der Waals surface area contributed by atoms with E-state index in [1.54, 1.807) is 0 Å². The maximum Gasteiger partial charge on any atom is 0.237 e. The molecule has 1 unspecified atom stereocenters. The molecule has 0 bridgehead atoms. The number of hydrogen-bond acceptors (Lipinski definition) is 4. The van der Waals surface area contributed by atoms with Gasteiger partial charge < -0.3 is 9.15 Å². The van der Waals surface area contributed by atoms with Crippen molar-refractivity contribution in [1.82, 2.24) is 9.55 Å². The van der Waals surface area contributed by atoms with E-state index in [9.17, 15) is 0 Å². The summed E-state index contributed by atoms with van der Waals surface area (Å²) in [6, 6.07) is 36.1. The van der Waals surface area contributed by atoms with Crippen molar-refractivity contribution in [2.45, 2.75) is 72.3 Å². The van der Waals surface area contributed by atoms with Gasteiger partial charge in [-0.15, -0.1) is 0 Å². The third-order valence-corrected chi connectivity index (χ3v) is 10.9. The molecule has 3 aromatic heterocycles. The zero-order chi connectivity index (χ0) is 37.5. The van der Waals surface area contributed by atoms with Gasteiger partial charge in [-0.3, -0.25) is 4.57 Å². The summed E-state index contributed by atoms with van der Waals surface area (Å²) in [6.45, 7) is 17.9.